The van der Waals surface area contributed by atoms with Crippen molar-refractivity contribution in [2.75, 3.05) is 16.8 Å². The summed E-state index contributed by atoms with van der Waals surface area (Å²) in [6, 6.07) is 23.7. The minimum atomic E-state index is -0.395. The van der Waals surface area contributed by atoms with Crippen LogP contribution < -0.4 is 10.2 Å². The first-order valence-electron chi connectivity index (χ1n) is 11.2. The van der Waals surface area contributed by atoms with Crippen LogP contribution in [0, 0.1) is 0 Å². The van der Waals surface area contributed by atoms with E-state index < -0.39 is 5.91 Å². The summed E-state index contributed by atoms with van der Waals surface area (Å²) >= 11 is 10.1. The van der Waals surface area contributed by atoms with Crippen molar-refractivity contribution in [3.8, 4) is 0 Å². The first kappa shape index (κ1) is 24.4. The van der Waals surface area contributed by atoms with E-state index in [2.05, 4.69) is 21.2 Å². The first-order chi connectivity index (χ1) is 17.3. The second-order valence-corrected chi connectivity index (χ2v) is 10.9. The third-order valence-corrected chi connectivity index (χ3v) is 7.92. The summed E-state index contributed by atoms with van der Waals surface area (Å²) in [4.78, 5) is 43.3. The first-order valence-corrected chi connectivity index (χ1v) is 13.2. The molecular formula is C27H20BrN3O3S2. The standard InChI is InChI=1S/C27H20BrN3O3S2/c1-16(17-8-3-2-4-9-17)31-26(34)24(36-27(31)35)23-20-12-5-6-13-21(20)30(25(23)33)15-22(32)29-19-11-7-10-18(28)14-19/h2-14,16H,15H2,1H3,(H,29,32). The van der Waals surface area contributed by atoms with Crippen molar-refractivity contribution >= 4 is 78.9 Å². The number of nitrogens with one attached hydrogen (secondary N) is 1. The Hall–Kier alpha value is -3.27. The minimum absolute atomic E-state index is 0.188. The van der Waals surface area contributed by atoms with Crippen LogP contribution in [0.1, 0.15) is 24.1 Å². The second kappa shape index (κ2) is 10.0. The number of carbonyl (C=O) groups is 3. The lowest BCUT2D eigenvalue weighted by Gasteiger charge is -2.23. The number of amides is 3. The van der Waals surface area contributed by atoms with Crippen LogP contribution in [0.5, 0.6) is 0 Å². The number of hydrogen-bond donors (Lipinski definition) is 1. The molecule has 9 heteroatoms. The minimum Gasteiger partial charge on any atom is -0.324 e. The van der Waals surface area contributed by atoms with Crippen LogP contribution in [0.2, 0.25) is 0 Å². The van der Waals surface area contributed by atoms with Gasteiger partial charge in [0.15, 0.2) is 0 Å². The number of fused-ring (bicyclic) bond motifs is 1. The van der Waals surface area contributed by atoms with Crippen LogP contribution >= 0.6 is 39.9 Å². The molecule has 1 unspecified atom stereocenters. The number of benzene rings is 3. The van der Waals surface area contributed by atoms with E-state index in [0.717, 1.165) is 21.8 Å². The smallest absolute Gasteiger partial charge is 0.267 e. The fourth-order valence-corrected chi connectivity index (χ4v) is 6.20. The monoisotopic (exact) mass is 577 g/mol. The molecule has 2 aliphatic heterocycles. The number of halogens is 1. The van der Waals surface area contributed by atoms with Crippen molar-refractivity contribution in [1.29, 1.82) is 0 Å². The molecule has 1 fully saturated rings. The molecule has 1 N–H and O–H groups in total. The Morgan fingerprint density at radius 3 is 2.47 bits per heavy atom. The second-order valence-electron chi connectivity index (χ2n) is 8.30. The summed E-state index contributed by atoms with van der Waals surface area (Å²) in [7, 11) is 0. The van der Waals surface area contributed by atoms with Crippen LogP contribution in [0.15, 0.2) is 88.2 Å². The van der Waals surface area contributed by atoms with Crippen LogP contribution in [0.25, 0.3) is 5.57 Å². The quantitative estimate of drug-likeness (QED) is 0.308. The lowest BCUT2D eigenvalue weighted by Crippen LogP contribution is -2.35. The van der Waals surface area contributed by atoms with Gasteiger partial charge in [-0.2, -0.15) is 0 Å². The predicted octanol–water partition coefficient (Wildman–Crippen LogP) is 5.77. The van der Waals surface area contributed by atoms with E-state index in [1.807, 2.05) is 55.5 Å². The molecule has 6 nitrogen and oxygen atoms in total. The van der Waals surface area contributed by atoms with E-state index in [1.165, 1.54) is 4.90 Å². The summed E-state index contributed by atoms with van der Waals surface area (Å²) in [5.74, 6) is -1.05. The molecule has 2 aliphatic rings. The molecule has 180 valence electrons. The van der Waals surface area contributed by atoms with E-state index in [9.17, 15) is 14.4 Å². The van der Waals surface area contributed by atoms with Gasteiger partial charge in [0.1, 0.15) is 10.9 Å². The third-order valence-electron chi connectivity index (χ3n) is 6.03. The fourth-order valence-electron chi connectivity index (χ4n) is 4.31. The maximum absolute atomic E-state index is 13.6. The third kappa shape index (κ3) is 4.50. The molecule has 3 aromatic carbocycles. The van der Waals surface area contributed by atoms with Gasteiger partial charge in [0.2, 0.25) is 5.91 Å². The molecule has 0 spiro atoms. The highest BCUT2D eigenvalue weighted by molar-refractivity contribution is 9.10. The van der Waals surface area contributed by atoms with Crippen molar-refractivity contribution < 1.29 is 14.4 Å². The van der Waals surface area contributed by atoms with Crippen LogP contribution in [-0.4, -0.2) is 33.5 Å². The van der Waals surface area contributed by atoms with Gasteiger partial charge in [0, 0.05) is 15.7 Å². The van der Waals surface area contributed by atoms with Gasteiger partial charge in [-0.25, -0.2) is 0 Å². The van der Waals surface area contributed by atoms with E-state index in [-0.39, 0.29) is 34.9 Å². The number of nitrogens with zero attached hydrogens (tertiary/aromatic N) is 2. The van der Waals surface area contributed by atoms with Gasteiger partial charge >= 0.3 is 0 Å². The maximum atomic E-state index is 13.6. The van der Waals surface area contributed by atoms with Crippen LogP contribution in [0.3, 0.4) is 0 Å². The summed E-state index contributed by atoms with van der Waals surface area (Å²) in [6.07, 6.45) is 0. The summed E-state index contributed by atoms with van der Waals surface area (Å²) < 4.78 is 1.23. The molecule has 5 rings (SSSR count). The molecule has 1 atom stereocenters. The lowest BCUT2D eigenvalue weighted by molar-refractivity contribution is -0.123. The fraction of sp³-hybridized carbons (Fsp3) is 0.111. The van der Waals surface area contributed by atoms with Crippen LogP contribution in [-0.2, 0) is 14.4 Å². The zero-order valence-corrected chi connectivity index (χ0v) is 22.3. The highest BCUT2D eigenvalue weighted by Crippen LogP contribution is 2.46. The van der Waals surface area contributed by atoms with Crippen molar-refractivity contribution in [2.45, 2.75) is 13.0 Å². The van der Waals surface area contributed by atoms with E-state index >= 15 is 0 Å². The van der Waals surface area contributed by atoms with Gasteiger partial charge in [-0.05, 0) is 36.8 Å². The topological polar surface area (TPSA) is 69.7 Å². The Morgan fingerprint density at radius 1 is 1.00 bits per heavy atom. The number of thiocarbonyl (C=S) groups is 1. The molecular weight excluding hydrogens is 558 g/mol. The molecule has 2 heterocycles. The molecule has 3 aromatic rings. The molecule has 0 aliphatic carbocycles. The molecule has 0 saturated carbocycles. The maximum Gasteiger partial charge on any atom is 0.267 e. The highest BCUT2D eigenvalue weighted by Gasteiger charge is 2.43. The number of carbonyl (C=O) groups excluding carboxylic acids is 3. The Balaban J connectivity index is 1.46. The van der Waals surface area contributed by atoms with Crippen molar-refractivity contribution in [3.63, 3.8) is 0 Å². The summed E-state index contributed by atoms with van der Waals surface area (Å²) in [5.41, 5.74) is 3.05. The average Bonchev–Trinajstić information content (AvgIpc) is 3.31. The largest absolute Gasteiger partial charge is 0.324 e. The van der Waals surface area contributed by atoms with E-state index in [4.69, 9.17) is 12.2 Å². The normalized spacial score (nSPS) is 18.0. The molecule has 36 heavy (non-hydrogen) atoms. The van der Waals surface area contributed by atoms with Gasteiger partial charge in [0.25, 0.3) is 11.8 Å². The SMILES string of the molecule is CC(c1ccccc1)N1C(=O)C(=C2C(=O)N(CC(=O)Nc3cccc(Br)c3)c3ccccc32)SC1=S. The Morgan fingerprint density at radius 2 is 1.72 bits per heavy atom. The summed E-state index contributed by atoms with van der Waals surface area (Å²) in [5, 5.41) is 2.82. The Bertz CT molecular complexity index is 1440. The highest BCUT2D eigenvalue weighted by atomic mass is 79.9. The average molecular weight is 579 g/mol. The van der Waals surface area contributed by atoms with Gasteiger partial charge in [-0.15, -0.1) is 0 Å². The molecule has 1 saturated heterocycles. The lowest BCUT2D eigenvalue weighted by atomic mass is 10.1. The number of hydrogen-bond acceptors (Lipinski definition) is 5. The Kier molecular flexibility index (Phi) is 6.79. The molecule has 0 aromatic heterocycles. The van der Waals surface area contributed by atoms with Crippen molar-refractivity contribution in [2.24, 2.45) is 0 Å². The Labute approximate surface area is 226 Å². The van der Waals surface area contributed by atoms with Crippen molar-refractivity contribution in [1.82, 2.24) is 4.90 Å². The van der Waals surface area contributed by atoms with E-state index in [1.54, 1.807) is 35.2 Å². The van der Waals surface area contributed by atoms with Gasteiger partial charge in [-0.3, -0.25) is 24.2 Å². The number of rotatable bonds is 5. The van der Waals surface area contributed by atoms with Crippen LogP contribution in [0.4, 0.5) is 11.4 Å². The molecule has 3 amide bonds. The number of para-hydroxylation sites is 1. The zero-order chi connectivity index (χ0) is 25.4. The van der Waals surface area contributed by atoms with Gasteiger partial charge in [-0.1, -0.05) is 94.5 Å². The number of anilines is 2. The predicted molar refractivity (Wildman–Crippen MR) is 150 cm³/mol. The zero-order valence-electron chi connectivity index (χ0n) is 19.1. The summed E-state index contributed by atoms with van der Waals surface area (Å²) in [6.45, 7) is 1.73. The van der Waals surface area contributed by atoms with Gasteiger partial charge < -0.3 is 5.32 Å². The number of thioether (sulfide) groups is 1. The van der Waals surface area contributed by atoms with E-state index in [0.29, 0.717) is 21.3 Å². The molecule has 0 radical (unpaired) electrons. The van der Waals surface area contributed by atoms with Crippen molar-refractivity contribution in [3.05, 3.63) is 99.4 Å². The molecule has 0 bridgehead atoms. The van der Waals surface area contributed by atoms with Gasteiger partial charge in [0.05, 0.1) is 22.2 Å².